The Labute approximate surface area is 105 Å². The minimum absolute atomic E-state index is 0.665. The van der Waals surface area contributed by atoms with E-state index in [-0.39, 0.29) is 0 Å². The van der Waals surface area contributed by atoms with Crippen molar-refractivity contribution in [2.45, 2.75) is 32.2 Å². The first-order chi connectivity index (χ1) is 8.34. The highest BCUT2D eigenvalue weighted by molar-refractivity contribution is 5.14. The van der Waals surface area contributed by atoms with E-state index < -0.39 is 0 Å². The van der Waals surface area contributed by atoms with Gasteiger partial charge in [-0.05, 0) is 38.3 Å². The third kappa shape index (κ3) is 4.49. The topological polar surface area (TPSA) is 15.3 Å². The van der Waals surface area contributed by atoms with E-state index in [1.165, 1.54) is 44.5 Å². The van der Waals surface area contributed by atoms with E-state index in [9.17, 15) is 0 Å². The van der Waals surface area contributed by atoms with Gasteiger partial charge < -0.3 is 10.2 Å². The first-order valence-corrected chi connectivity index (χ1v) is 6.84. The zero-order valence-electron chi connectivity index (χ0n) is 10.9. The molecule has 1 unspecified atom stereocenters. The molecule has 0 radical (unpaired) electrons. The summed E-state index contributed by atoms with van der Waals surface area (Å²) < 4.78 is 0. The number of unbranched alkanes of at least 4 members (excludes halogenated alkanes) is 1. The Morgan fingerprint density at radius 3 is 2.82 bits per heavy atom. The van der Waals surface area contributed by atoms with Gasteiger partial charge in [0.05, 0.1) is 0 Å². The summed E-state index contributed by atoms with van der Waals surface area (Å²) in [6.07, 6.45) is 3.85. The van der Waals surface area contributed by atoms with Crippen molar-refractivity contribution in [3.8, 4) is 0 Å². The van der Waals surface area contributed by atoms with E-state index in [1.54, 1.807) is 0 Å². The molecule has 1 N–H and O–H groups in total. The maximum Gasteiger partial charge on any atom is 0.0167 e. The molecule has 1 aromatic rings. The van der Waals surface area contributed by atoms with Crippen LogP contribution in [0.3, 0.4) is 0 Å². The molecule has 2 heteroatoms. The summed E-state index contributed by atoms with van der Waals surface area (Å²) in [7, 11) is 0. The fraction of sp³-hybridized carbons (Fsp3) is 0.600. The second-order valence-electron chi connectivity index (χ2n) is 5.10. The molecule has 1 saturated heterocycles. The fourth-order valence-electron chi connectivity index (χ4n) is 2.52. The maximum absolute atomic E-state index is 3.49. The molecule has 94 valence electrons. The molecule has 0 amide bonds. The van der Waals surface area contributed by atoms with Crippen LogP contribution in [0.2, 0.25) is 0 Å². The second kappa shape index (κ2) is 6.77. The van der Waals surface area contributed by atoms with Gasteiger partial charge >= 0.3 is 0 Å². The fourth-order valence-corrected chi connectivity index (χ4v) is 2.52. The molecule has 1 heterocycles. The van der Waals surface area contributed by atoms with E-state index in [4.69, 9.17) is 0 Å². The molecule has 1 aliphatic heterocycles. The van der Waals surface area contributed by atoms with Gasteiger partial charge in [-0.15, -0.1) is 0 Å². The predicted octanol–water partition coefficient (Wildman–Crippen LogP) is 2.30. The third-order valence-electron chi connectivity index (χ3n) is 3.49. The van der Waals surface area contributed by atoms with Crippen LogP contribution in [0.25, 0.3) is 0 Å². The van der Waals surface area contributed by atoms with Gasteiger partial charge in [0.1, 0.15) is 0 Å². The Bertz CT molecular complexity index is 310. The molecule has 1 aromatic carbocycles. The molecule has 2 nitrogen and oxygen atoms in total. The van der Waals surface area contributed by atoms with Gasteiger partial charge in [-0.1, -0.05) is 30.3 Å². The first kappa shape index (κ1) is 12.6. The number of rotatable bonds is 5. The summed E-state index contributed by atoms with van der Waals surface area (Å²) in [6, 6.07) is 11.5. The van der Waals surface area contributed by atoms with E-state index in [1.807, 2.05) is 0 Å². The standard InChI is InChI=1S/C15H24N2/c1-14-13-17(12-10-16-14)11-6-5-9-15-7-3-2-4-8-15/h2-4,7-8,14,16H,5-6,9-13H2,1H3. The molecule has 1 aliphatic rings. The minimum atomic E-state index is 0.665. The van der Waals surface area contributed by atoms with Crippen LogP contribution < -0.4 is 5.32 Å². The Balaban J connectivity index is 1.60. The Hall–Kier alpha value is -0.860. The zero-order chi connectivity index (χ0) is 11.9. The molecule has 0 aromatic heterocycles. The number of benzene rings is 1. The van der Waals surface area contributed by atoms with Gasteiger partial charge in [0, 0.05) is 25.7 Å². The molecule has 0 spiro atoms. The molecule has 0 aliphatic carbocycles. The number of nitrogens with zero attached hydrogens (tertiary/aromatic N) is 1. The lowest BCUT2D eigenvalue weighted by Gasteiger charge is -2.31. The van der Waals surface area contributed by atoms with Gasteiger partial charge in [0.2, 0.25) is 0 Å². The van der Waals surface area contributed by atoms with Gasteiger partial charge in [0.25, 0.3) is 0 Å². The molecular weight excluding hydrogens is 208 g/mol. The number of hydrogen-bond acceptors (Lipinski definition) is 2. The number of hydrogen-bond donors (Lipinski definition) is 1. The molecule has 1 atom stereocenters. The van der Waals surface area contributed by atoms with E-state index in [2.05, 4.69) is 47.5 Å². The van der Waals surface area contributed by atoms with Crippen LogP contribution >= 0.6 is 0 Å². The summed E-state index contributed by atoms with van der Waals surface area (Å²) in [4.78, 5) is 2.59. The first-order valence-electron chi connectivity index (χ1n) is 6.84. The maximum atomic E-state index is 3.49. The molecular formula is C15H24N2. The van der Waals surface area contributed by atoms with Crippen molar-refractivity contribution in [1.82, 2.24) is 10.2 Å². The van der Waals surface area contributed by atoms with Crippen LogP contribution in [-0.4, -0.2) is 37.1 Å². The van der Waals surface area contributed by atoms with Crippen LogP contribution in [-0.2, 0) is 6.42 Å². The van der Waals surface area contributed by atoms with Crippen LogP contribution in [0, 0.1) is 0 Å². The lowest BCUT2D eigenvalue weighted by Crippen LogP contribution is -2.49. The summed E-state index contributed by atoms with van der Waals surface area (Å²) >= 11 is 0. The van der Waals surface area contributed by atoms with Gasteiger partial charge in [-0.3, -0.25) is 0 Å². The van der Waals surface area contributed by atoms with E-state index in [0.29, 0.717) is 6.04 Å². The lowest BCUT2D eigenvalue weighted by atomic mass is 10.1. The van der Waals surface area contributed by atoms with Crippen molar-refractivity contribution in [1.29, 1.82) is 0 Å². The molecule has 0 saturated carbocycles. The summed E-state index contributed by atoms with van der Waals surface area (Å²) in [5.74, 6) is 0. The molecule has 0 bridgehead atoms. The zero-order valence-corrected chi connectivity index (χ0v) is 10.9. The summed E-state index contributed by atoms with van der Waals surface area (Å²) in [5, 5.41) is 3.49. The average molecular weight is 232 g/mol. The van der Waals surface area contributed by atoms with Crippen LogP contribution in [0.5, 0.6) is 0 Å². The minimum Gasteiger partial charge on any atom is -0.312 e. The molecule has 2 rings (SSSR count). The monoisotopic (exact) mass is 232 g/mol. The molecule has 17 heavy (non-hydrogen) atoms. The summed E-state index contributed by atoms with van der Waals surface area (Å²) in [5.41, 5.74) is 1.47. The van der Waals surface area contributed by atoms with Crippen LogP contribution in [0.4, 0.5) is 0 Å². The molecule has 1 fully saturated rings. The largest absolute Gasteiger partial charge is 0.312 e. The lowest BCUT2D eigenvalue weighted by molar-refractivity contribution is 0.204. The number of piperazine rings is 1. The highest BCUT2D eigenvalue weighted by Gasteiger charge is 2.14. The van der Waals surface area contributed by atoms with E-state index in [0.717, 1.165) is 6.54 Å². The van der Waals surface area contributed by atoms with Crippen molar-refractivity contribution in [2.24, 2.45) is 0 Å². The van der Waals surface area contributed by atoms with Crippen molar-refractivity contribution < 1.29 is 0 Å². The predicted molar refractivity (Wildman–Crippen MR) is 73.3 cm³/mol. The van der Waals surface area contributed by atoms with Crippen molar-refractivity contribution in [3.63, 3.8) is 0 Å². The highest BCUT2D eigenvalue weighted by Crippen LogP contribution is 2.06. The number of nitrogens with one attached hydrogen (secondary N) is 1. The summed E-state index contributed by atoms with van der Waals surface area (Å²) in [6.45, 7) is 7.12. The normalized spacial score (nSPS) is 21.6. The Morgan fingerprint density at radius 1 is 1.24 bits per heavy atom. The SMILES string of the molecule is CC1CN(CCCCc2ccccc2)CCN1. The highest BCUT2D eigenvalue weighted by atomic mass is 15.2. The average Bonchev–Trinajstić information content (AvgIpc) is 2.36. The third-order valence-corrected chi connectivity index (χ3v) is 3.49. The van der Waals surface area contributed by atoms with Crippen molar-refractivity contribution in [3.05, 3.63) is 35.9 Å². The van der Waals surface area contributed by atoms with Gasteiger partial charge in [0.15, 0.2) is 0 Å². The number of aryl methyl sites for hydroxylation is 1. The van der Waals surface area contributed by atoms with Crippen molar-refractivity contribution in [2.75, 3.05) is 26.2 Å². The quantitative estimate of drug-likeness (QED) is 0.784. The van der Waals surface area contributed by atoms with Gasteiger partial charge in [-0.2, -0.15) is 0 Å². The second-order valence-corrected chi connectivity index (χ2v) is 5.10. The Morgan fingerprint density at radius 2 is 2.06 bits per heavy atom. The van der Waals surface area contributed by atoms with Crippen molar-refractivity contribution >= 4 is 0 Å². The van der Waals surface area contributed by atoms with E-state index >= 15 is 0 Å². The smallest absolute Gasteiger partial charge is 0.0167 e. The van der Waals surface area contributed by atoms with Crippen LogP contribution in [0.15, 0.2) is 30.3 Å². The Kier molecular flexibility index (Phi) is 5.02. The van der Waals surface area contributed by atoms with Gasteiger partial charge in [-0.25, -0.2) is 0 Å². The van der Waals surface area contributed by atoms with Crippen LogP contribution in [0.1, 0.15) is 25.3 Å².